The number of oxazole rings is 1. The van der Waals surface area contributed by atoms with Crippen molar-refractivity contribution in [3.8, 4) is 10.6 Å². The molecule has 0 aliphatic heterocycles. The van der Waals surface area contributed by atoms with Gasteiger partial charge in [0.15, 0.2) is 11.7 Å². The van der Waals surface area contributed by atoms with Crippen LogP contribution in [0.4, 0.5) is 0 Å². The Labute approximate surface area is 130 Å². The summed E-state index contributed by atoms with van der Waals surface area (Å²) in [5.74, 6) is 1.77. The van der Waals surface area contributed by atoms with Crippen molar-refractivity contribution in [2.45, 2.75) is 58.4 Å². The van der Waals surface area contributed by atoms with Gasteiger partial charge in [-0.3, -0.25) is 0 Å². The Morgan fingerprint density at radius 3 is 3.00 bits per heavy atom. The first-order valence-corrected chi connectivity index (χ1v) is 8.84. The maximum atomic E-state index is 5.92. The van der Waals surface area contributed by atoms with Crippen LogP contribution >= 0.6 is 11.3 Å². The quantitative estimate of drug-likeness (QED) is 0.841. The van der Waals surface area contributed by atoms with Crippen LogP contribution in [0.25, 0.3) is 10.6 Å². The lowest BCUT2D eigenvalue weighted by Gasteiger charge is -2.05. The number of aryl methyl sites for hydroxylation is 2. The zero-order valence-electron chi connectivity index (χ0n) is 12.9. The highest BCUT2D eigenvalue weighted by Gasteiger charge is 2.15. The van der Waals surface area contributed by atoms with Crippen molar-refractivity contribution in [3.05, 3.63) is 28.6 Å². The van der Waals surface area contributed by atoms with Gasteiger partial charge in [0.2, 0.25) is 0 Å². The van der Waals surface area contributed by atoms with Crippen LogP contribution < -0.4 is 5.32 Å². The lowest BCUT2D eigenvalue weighted by molar-refractivity contribution is 0.485. The predicted octanol–water partition coefficient (Wildman–Crippen LogP) is 4.21. The number of hydrogen-bond acceptors (Lipinski definition) is 4. The summed E-state index contributed by atoms with van der Waals surface area (Å²) < 4.78 is 5.92. The molecule has 21 heavy (non-hydrogen) atoms. The molecule has 114 valence electrons. The van der Waals surface area contributed by atoms with Gasteiger partial charge in [0.25, 0.3) is 0 Å². The largest absolute Gasteiger partial charge is 0.440 e. The van der Waals surface area contributed by atoms with E-state index < -0.39 is 0 Å². The van der Waals surface area contributed by atoms with E-state index in [-0.39, 0.29) is 0 Å². The van der Waals surface area contributed by atoms with E-state index >= 15 is 0 Å². The van der Waals surface area contributed by atoms with Gasteiger partial charge in [-0.05, 0) is 37.3 Å². The van der Waals surface area contributed by atoms with Crippen molar-refractivity contribution >= 4 is 11.3 Å². The molecule has 0 unspecified atom stereocenters. The van der Waals surface area contributed by atoms with Crippen LogP contribution in [-0.2, 0) is 19.3 Å². The topological polar surface area (TPSA) is 38.1 Å². The minimum atomic E-state index is 0.507. The van der Waals surface area contributed by atoms with Gasteiger partial charge in [0.1, 0.15) is 0 Å². The van der Waals surface area contributed by atoms with Crippen LogP contribution in [0.2, 0.25) is 0 Å². The fraction of sp³-hybridized carbons (Fsp3) is 0.588. The van der Waals surface area contributed by atoms with Crippen LogP contribution in [0.15, 0.2) is 16.7 Å². The maximum Gasteiger partial charge on any atom is 0.196 e. The third kappa shape index (κ3) is 3.74. The van der Waals surface area contributed by atoms with E-state index in [1.165, 1.54) is 42.5 Å². The van der Waals surface area contributed by atoms with Crippen LogP contribution in [0.3, 0.4) is 0 Å². The minimum absolute atomic E-state index is 0.507. The molecule has 2 heterocycles. The zero-order valence-corrected chi connectivity index (χ0v) is 13.8. The fourth-order valence-electron chi connectivity index (χ4n) is 2.80. The molecule has 0 bridgehead atoms. The average Bonchev–Trinajstić information content (AvgIpc) is 3.01. The molecule has 0 spiro atoms. The summed E-state index contributed by atoms with van der Waals surface area (Å²) in [4.78, 5) is 7.22. The summed E-state index contributed by atoms with van der Waals surface area (Å²) in [6.45, 7) is 5.22. The van der Waals surface area contributed by atoms with Crippen molar-refractivity contribution in [3.63, 3.8) is 0 Å². The van der Waals surface area contributed by atoms with E-state index in [1.54, 1.807) is 4.88 Å². The molecule has 4 heteroatoms. The molecule has 0 radical (unpaired) electrons. The number of aromatic nitrogens is 1. The number of fused-ring (bicyclic) bond motifs is 1. The standard InChI is InChI=1S/C17H24N2OS/c1-12(2)18-9-8-17-19-11-14(20-17)16-10-13-6-4-3-5-7-15(13)21-16/h10-12,18H,3-9H2,1-2H3. The Hall–Kier alpha value is -1.13. The highest BCUT2D eigenvalue weighted by atomic mass is 32.1. The molecule has 3 nitrogen and oxygen atoms in total. The molecule has 2 aromatic heterocycles. The first-order valence-electron chi connectivity index (χ1n) is 8.02. The number of rotatable bonds is 5. The van der Waals surface area contributed by atoms with Gasteiger partial charge in [-0.15, -0.1) is 11.3 Å². The van der Waals surface area contributed by atoms with Gasteiger partial charge in [0, 0.05) is 23.9 Å². The highest BCUT2D eigenvalue weighted by Crippen LogP contribution is 2.35. The molecule has 1 aliphatic rings. The second-order valence-corrected chi connectivity index (χ2v) is 7.23. The van der Waals surface area contributed by atoms with Crippen LogP contribution in [-0.4, -0.2) is 17.6 Å². The molecule has 0 aromatic carbocycles. The van der Waals surface area contributed by atoms with Gasteiger partial charge in [-0.1, -0.05) is 20.3 Å². The van der Waals surface area contributed by atoms with Gasteiger partial charge in [-0.2, -0.15) is 0 Å². The summed E-state index contributed by atoms with van der Waals surface area (Å²) in [6.07, 6.45) is 9.22. The van der Waals surface area contributed by atoms with Gasteiger partial charge in [-0.25, -0.2) is 4.98 Å². The number of nitrogens with one attached hydrogen (secondary N) is 1. The molecule has 2 aromatic rings. The predicted molar refractivity (Wildman–Crippen MR) is 87.9 cm³/mol. The second-order valence-electron chi connectivity index (χ2n) is 6.10. The SMILES string of the molecule is CC(C)NCCc1ncc(-c2cc3c(s2)CCCCC3)o1. The number of hydrogen-bond donors (Lipinski definition) is 1. The average molecular weight is 304 g/mol. The van der Waals surface area contributed by atoms with Crippen molar-refractivity contribution in [1.82, 2.24) is 10.3 Å². The van der Waals surface area contributed by atoms with Gasteiger partial charge in [0.05, 0.1) is 11.1 Å². The molecule has 1 aliphatic carbocycles. The molecular weight excluding hydrogens is 280 g/mol. The van der Waals surface area contributed by atoms with Crippen molar-refractivity contribution in [2.24, 2.45) is 0 Å². The Morgan fingerprint density at radius 1 is 1.29 bits per heavy atom. The van der Waals surface area contributed by atoms with Crippen molar-refractivity contribution < 1.29 is 4.42 Å². The smallest absolute Gasteiger partial charge is 0.196 e. The normalized spacial score (nSPS) is 15.2. The lowest BCUT2D eigenvalue weighted by atomic mass is 10.1. The fourth-order valence-corrected chi connectivity index (χ4v) is 4.00. The first kappa shape index (κ1) is 14.8. The van der Waals surface area contributed by atoms with Gasteiger partial charge >= 0.3 is 0 Å². The Morgan fingerprint density at radius 2 is 2.14 bits per heavy atom. The molecule has 0 saturated heterocycles. The lowest BCUT2D eigenvalue weighted by Crippen LogP contribution is -2.24. The number of nitrogens with zero attached hydrogens (tertiary/aromatic N) is 1. The van der Waals surface area contributed by atoms with Crippen molar-refractivity contribution in [2.75, 3.05) is 6.54 Å². The van der Waals surface area contributed by atoms with Gasteiger partial charge < -0.3 is 9.73 Å². The Balaban J connectivity index is 1.68. The molecule has 0 amide bonds. The van der Waals surface area contributed by atoms with Crippen LogP contribution in [0, 0.1) is 0 Å². The molecule has 1 N–H and O–H groups in total. The first-order chi connectivity index (χ1) is 10.2. The molecule has 3 rings (SSSR count). The summed E-state index contributed by atoms with van der Waals surface area (Å²) >= 11 is 1.89. The Bertz CT molecular complexity index is 562. The van der Waals surface area contributed by atoms with E-state index in [1.807, 2.05) is 17.5 Å². The molecule has 0 atom stereocenters. The van der Waals surface area contributed by atoms with Crippen molar-refractivity contribution in [1.29, 1.82) is 0 Å². The van der Waals surface area contributed by atoms with E-state index in [0.29, 0.717) is 6.04 Å². The highest BCUT2D eigenvalue weighted by molar-refractivity contribution is 7.15. The third-order valence-electron chi connectivity index (χ3n) is 3.93. The second kappa shape index (κ2) is 6.75. The number of thiophene rings is 1. The van der Waals surface area contributed by atoms with E-state index in [9.17, 15) is 0 Å². The third-order valence-corrected chi connectivity index (χ3v) is 5.19. The summed E-state index contributed by atoms with van der Waals surface area (Å²) in [6, 6.07) is 2.83. The molecular formula is C17H24N2OS. The van der Waals surface area contributed by atoms with E-state index in [0.717, 1.165) is 24.6 Å². The monoisotopic (exact) mass is 304 g/mol. The maximum absolute atomic E-state index is 5.92. The van der Waals surface area contributed by atoms with E-state index in [4.69, 9.17) is 4.42 Å². The summed E-state index contributed by atoms with van der Waals surface area (Å²) in [7, 11) is 0. The van der Waals surface area contributed by atoms with Crippen LogP contribution in [0.1, 0.15) is 49.4 Å². The summed E-state index contributed by atoms with van der Waals surface area (Å²) in [5, 5.41) is 3.39. The zero-order chi connectivity index (χ0) is 14.7. The molecule has 0 saturated carbocycles. The van der Waals surface area contributed by atoms with E-state index in [2.05, 4.69) is 30.2 Å². The summed E-state index contributed by atoms with van der Waals surface area (Å²) in [5.41, 5.74) is 1.53. The molecule has 0 fully saturated rings. The van der Waals surface area contributed by atoms with Crippen LogP contribution in [0.5, 0.6) is 0 Å². The Kier molecular flexibility index (Phi) is 4.76. The minimum Gasteiger partial charge on any atom is -0.440 e.